The summed E-state index contributed by atoms with van der Waals surface area (Å²) >= 11 is 9.38. The molecule has 2 heterocycles. The van der Waals surface area contributed by atoms with E-state index >= 15 is 0 Å². The smallest absolute Gasteiger partial charge is 0.334 e. The normalized spacial score (nSPS) is 18.8. The van der Waals surface area contributed by atoms with Crippen LogP contribution in [0, 0.1) is 11.3 Å². The number of hydrogen-bond acceptors (Lipinski definition) is 5. The zero-order chi connectivity index (χ0) is 26.0. The quantitative estimate of drug-likeness (QED) is 0.327. The van der Waals surface area contributed by atoms with Gasteiger partial charge in [0, 0.05) is 32.7 Å². The summed E-state index contributed by atoms with van der Waals surface area (Å²) in [5, 5.41) is 9.00. The van der Waals surface area contributed by atoms with Crippen LogP contribution in [0.3, 0.4) is 0 Å². The van der Waals surface area contributed by atoms with E-state index in [1.54, 1.807) is 29.7 Å². The van der Waals surface area contributed by atoms with Gasteiger partial charge >= 0.3 is 6.18 Å². The highest BCUT2D eigenvalue weighted by atomic mass is 32.1. The van der Waals surface area contributed by atoms with E-state index in [1.807, 2.05) is 0 Å². The number of thiol groups is 1. The van der Waals surface area contributed by atoms with Crippen LogP contribution in [-0.4, -0.2) is 75.8 Å². The largest absolute Gasteiger partial charge is 0.417 e. The maximum Gasteiger partial charge on any atom is 0.417 e. The summed E-state index contributed by atoms with van der Waals surface area (Å²) in [6, 6.07) is 4.74. The van der Waals surface area contributed by atoms with Crippen molar-refractivity contribution in [2.75, 3.05) is 44.2 Å². The van der Waals surface area contributed by atoms with Gasteiger partial charge in [-0.2, -0.15) is 18.4 Å². The molecule has 2 aliphatic rings. The van der Waals surface area contributed by atoms with Crippen LogP contribution >= 0.6 is 24.8 Å². The molecule has 0 saturated carbocycles. The fraction of sp³-hybridized carbons (Fsp3) is 0.565. The van der Waals surface area contributed by atoms with Crippen LogP contribution in [-0.2, 0) is 11.0 Å². The molecule has 0 aromatic heterocycles. The van der Waals surface area contributed by atoms with Crippen LogP contribution in [0.25, 0.3) is 0 Å². The van der Waals surface area contributed by atoms with Gasteiger partial charge in [-0.15, -0.1) is 0 Å². The number of benzene rings is 1. The monoisotopic (exact) mass is 527 g/mol. The van der Waals surface area contributed by atoms with Crippen molar-refractivity contribution in [3.05, 3.63) is 29.3 Å². The highest BCUT2D eigenvalue weighted by molar-refractivity contribution is 7.96. The van der Waals surface area contributed by atoms with E-state index in [4.69, 9.17) is 17.5 Å². The van der Waals surface area contributed by atoms with Crippen LogP contribution in [0.5, 0.6) is 0 Å². The van der Waals surface area contributed by atoms with Crippen LogP contribution in [0.15, 0.2) is 18.2 Å². The molecule has 0 N–H and O–H groups in total. The second kappa shape index (κ2) is 10.7. The van der Waals surface area contributed by atoms with Gasteiger partial charge in [-0.05, 0) is 63.7 Å². The highest BCUT2D eigenvalue weighted by Crippen LogP contribution is 2.38. The molecule has 0 aliphatic carbocycles. The van der Waals surface area contributed by atoms with Crippen molar-refractivity contribution in [3.63, 3.8) is 0 Å². The van der Waals surface area contributed by atoms with Crippen molar-refractivity contribution >= 4 is 46.8 Å². The summed E-state index contributed by atoms with van der Waals surface area (Å²) < 4.78 is 40.3. The molecule has 1 aromatic carbocycles. The molecule has 12 heteroatoms. The molecule has 1 aromatic rings. The van der Waals surface area contributed by atoms with Gasteiger partial charge in [0.1, 0.15) is 5.54 Å². The van der Waals surface area contributed by atoms with Gasteiger partial charge in [0.25, 0.3) is 11.1 Å². The van der Waals surface area contributed by atoms with Gasteiger partial charge < -0.3 is 9.80 Å². The number of nitriles is 1. The SMILES string of the molecule is CC1(C)C(=O)N(c2ccc(C#N)c(C(F)(F)F)c2)C(=S)N1CCCCCN1CCN(C(=O)S)CC1. The number of thiocarbonyl (C=S) groups is 1. The average molecular weight is 528 g/mol. The molecule has 0 bridgehead atoms. The summed E-state index contributed by atoms with van der Waals surface area (Å²) in [6.07, 6.45) is -2.13. The standard InChI is InChI=1S/C23H28F3N5O2S2/c1-22(2)19(32)31(17-7-6-16(15-27)18(14-17)23(24,25)26)20(34)30(22)9-5-3-4-8-28-10-12-29(13-11-28)21(33)35/h6-7,14H,3-5,8-13H2,1-2H3,(H,33,35). The maximum absolute atomic E-state index is 13.4. The van der Waals surface area contributed by atoms with Crippen molar-refractivity contribution < 1.29 is 22.8 Å². The van der Waals surface area contributed by atoms with E-state index in [9.17, 15) is 22.8 Å². The fourth-order valence-electron chi connectivity index (χ4n) is 4.39. The topological polar surface area (TPSA) is 70.9 Å². The molecule has 35 heavy (non-hydrogen) atoms. The summed E-state index contributed by atoms with van der Waals surface area (Å²) in [7, 11) is 0. The molecule has 0 radical (unpaired) electrons. The Kier molecular flexibility index (Phi) is 8.34. The van der Waals surface area contributed by atoms with E-state index in [2.05, 4.69) is 17.5 Å². The van der Waals surface area contributed by atoms with Gasteiger partial charge in [0.15, 0.2) is 5.11 Å². The first-order valence-electron chi connectivity index (χ1n) is 11.4. The predicted molar refractivity (Wildman–Crippen MR) is 133 cm³/mol. The Bertz CT molecular complexity index is 1030. The van der Waals surface area contributed by atoms with Crippen LogP contribution in [0.4, 0.5) is 23.7 Å². The van der Waals surface area contributed by atoms with Gasteiger partial charge in [-0.3, -0.25) is 19.4 Å². The van der Waals surface area contributed by atoms with Gasteiger partial charge in [-0.1, -0.05) is 19.0 Å². The van der Waals surface area contributed by atoms with Gasteiger partial charge in [0.05, 0.1) is 22.9 Å². The molecule has 0 atom stereocenters. The summed E-state index contributed by atoms with van der Waals surface area (Å²) in [6.45, 7) is 7.77. The first-order valence-corrected chi connectivity index (χ1v) is 12.2. The number of piperazine rings is 1. The lowest BCUT2D eigenvalue weighted by atomic mass is 10.0. The number of unbranched alkanes of at least 4 members (excludes halogenated alkanes) is 2. The first kappa shape index (κ1) is 27.2. The van der Waals surface area contributed by atoms with E-state index in [0.717, 1.165) is 55.9 Å². The fourth-order valence-corrected chi connectivity index (χ4v) is 5.09. The lowest BCUT2D eigenvalue weighted by Crippen LogP contribution is -2.47. The molecular weight excluding hydrogens is 499 g/mol. The van der Waals surface area contributed by atoms with E-state index in [1.165, 1.54) is 6.07 Å². The molecule has 2 aliphatic heterocycles. The van der Waals surface area contributed by atoms with E-state index in [0.29, 0.717) is 19.6 Å². The number of rotatable bonds is 7. The molecule has 2 saturated heterocycles. The Labute approximate surface area is 213 Å². The number of anilines is 1. The van der Waals surface area contributed by atoms with Crippen LogP contribution in [0.1, 0.15) is 44.2 Å². The van der Waals surface area contributed by atoms with Crippen LogP contribution < -0.4 is 4.90 Å². The Morgan fingerprint density at radius 3 is 2.34 bits per heavy atom. The molecule has 3 rings (SSSR count). The molecule has 7 nitrogen and oxygen atoms in total. The van der Waals surface area contributed by atoms with Crippen LogP contribution in [0.2, 0.25) is 0 Å². The second-order valence-corrected chi connectivity index (χ2v) is 9.89. The Morgan fingerprint density at radius 2 is 1.77 bits per heavy atom. The molecule has 2 fully saturated rings. The second-order valence-electron chi connectivity index (χ2n) is 9.15. The molecular formula is C23H28F3N5O2S2. The number of halogens is 3. The van der Waals surface area contributed by atoms with Gasteiger partial charge in [0.2, 0.25) is 0 Å². The zero-order valence-corrected chi connectivity index (χ0v) is 21.3. The number of hydrogen-bond donors (Lipinski definition) is 1. The first-order chi connectivity index (χ1) is 16.4. The minimum Gasteiger partial charge on any atom is -0.334 e. The number of carbonyl (C=O) groups excluding carboxylic acids is 2. The third kappa shape index (κ3) is 5.90. The third-order valence-electron chi connectivity index (χ3n) is 6.51. The summed E-state index contributed by atoms with van der Waals surface area (Å²) in [4.78, 5) is 31.3. The third-order valence-corrected chi connectivity index (χ3v) is 7.20. The number of alkyl halides is 3. The van der Waals surface area contributed by atoms with Crippen molar-refractivity contribution in [2.45, 2.75) is 44.8 Å². The molecule has 0 unspecified atom stereocenters. The number of nitrogens with zero attached hydrogens (tertiary/aromatic N) is 5. The Morgan fingerprint density at radius 1 is 1.14 bits per heavy atom. The lowest BCUT2D eigenvalue weighted by Gasteiger charge is -2.33. The Balaban J connectivity index is 1.59. The minimum absolute atomic E-state index is 0.000682. The number of amides is 2. The van der Waals surface area contributed by atoms with Gasteiger partial charge in [-0.25, -0.2) is 0 Å². The van der Waals surface area contributed by atoms with Crippen molar-refractivity contribution in [3.8, 4) is 6.07 Å². The summed E-state index contributed by atoms with van der Waals surface area (Å²) in [5.74, 6) is -0.406. The lowest BCUT2D eigenvalue weighted by molar-refractivity contribution is -0.137. The average Bonchev–Trinajstić information content (AvgIpc) is 2.97. The Hall–Kier alpha value is -2.36. The number of carbonyl (C=O) groups is 2. The summed E-state index contributed by atoms with van der Waals surface area (Å²) in [5.41, 5.74) is -2.60. The highest BCUT2D eigenvalue weighted by Gasteiger charge is 2.49. The minimum atomic E-state index is -4.73. The predicted octanol–water partition coefficient (Wildman–Crippen LogP) is 4.13. The van der Waals surface area contributed by atoms with E-state index in [-0.39, 0.29) is 16.0 Å². The maximum atomic E-state index is 13.4. The van der Waals surface area contributed by atoms with E-state index < -0.39 is 28.7 Å². The molecule has 2 amide bonds. The molecule has 0 spiro atoms. The molecule has 190 valence electrons. The van der Waals surface area contributed by atoms with Crippen molar-refractivity contribution in [1.82, 2.24) is 14.7 Å². The van der Waals surface area contributed by atoms with Crippen molar-refractivity contribution in [2.24, 2.45) is 0 Å². The zero-order valence-electron chi connectivity index (χ0n) is 19.6. The van der Waals surface area contributed by atoms with Crippen molar-refractivity contribution in [1.29, 1.82) is 5.26 Å².